The molecule has 18 heavy (non-hydrogen) atoms. The van der Waals surface area contributed by atoms with Crippen molar-refractivity contribution in [2.75, 3.05) is 13.2 Å². The summed E-state index contributed by atoms with van der Waals surface area (Å²) in [4.78, 5) is 22.4. The summed E-state index contributed by atoms with van der Waals surface area (Å²) < 4.78 is 10.1. The summed E-state index contributed by atoms with van der Waals surface area (Å²) in [6.07, 6.45) is 5.63. The van der Waals surface area contributed by atoms with E-state index in [2.05, 4.69) is 0 Å². The van der Waals surface area contributed by atoms with Crippen LogP contribution in [-0.2, 0) is 19.1 Å². The van der Waals surface area contributed by atoms with Crippen molar-refractivity contribution in [3.63, 3.8) is 0 Å². The average Bonchev–Trinajstić information content (AvgIpc) is 2.38. The number of rotatable bonds is 6. The smallest absolute Gasteiger partial charge is 0.309 e. The Morgan fingerprint density at radius 1 is 1.17 bits per heavy atom. The maximum Gasteiger partial charge on any atom is 0.309 e. The van der Waals surface area contributed by atoms with E-state index in [0.29, 0.717) is 32.3 Å². The second-order valence-electron chi connectivity index (χ2n) is 4.39. The van der Waals surface area contributed by atoms with Gasteiger partial charge < -0.3 is 14.6 Å². The molecule has 0 aliphatic heterocycles. The van der Waals surface area contributed by atoms with Gasteiger partial charge in [-0.3, -0.25) is 9.59 Å². The third kappa shape index (κ3) is 4.77. The zero-order valence-corrected chi connectivity index (χ0v) is 10.6. The Bertz CT molecular complexity index is 303. The lowest BCUT2D eigenvalue weighted by Gasteiger charge is -2.24. The third-order valence-corrected chi connectivity index (χ3v) is 3.09. The van der Waals surface area contributed by atoms with Gasteiger partial charge in [-0.2, -0.15) is 0 Å². The van der Waals surface area contributed by atoms with Crippen LogP contribution in [0.1, 0.15) is 32.6 Å². The highest BCUT2D eigenvalue weighted by Crippen LogP contribution is 2.29. The van der Waals surface area contributed by atoms with E-state index in [-0.39, 0.29) is 24.4 Å². The molecule has 1 rings (SSSR count). The SMILES string of the molecule is CC=COCCOC(=O)C1CCC(C(=O)O)CC1. The molecule has 0 radical (unpaired) electrons. The molecule has 1 saturated carbocycles. The Balaban J connectivity index is 2.17. The maximum absolute atomic E-state index is 11.7. The Hall–Kier alpha value is -1.52. The predicted molar refractivity (Wildman–Crippen MR) is 64.8 cm³/mol. The average molecular weight is 256 g/mol. The lowest BCUT2D eigenvalue weighted by atomic mass is 9.82. The van der Waals surface area contributed by atoms with Gasteiger partial charge in [-0.25, -0.2) is 0 Å². The first-order valence-electron chi connectivity index (χ1n) is 6.27. The van der Waals surface area contributed by atoms with Crippen molar-refractivity contribution in [1.82, 2.24) is 0 Å². The third-order valence-electron chi connectivity index (χ3n) is 3.09. The normalized spacial score (nSPS) is 23.8. The van der Waals surface area contributed by atoms with E-state index in [0.717, 1.165) is 0 Å². The van der Waals surface area contributed by atoms with Gasteiger partial charge in [-0.15, -0.1) is 0 Å². The molecular weight excluding hydrogens is 236 g/mol. The van der Waals surface area contributed by atoms with E-state index in [9.17, 15) is 9.59 Å². The summed E-state index contributed by atoms with van der Waals surface area (Å²) in [6, 6.07) is 0. The van der Waals surface area contributed by atoms with Crippen LogP contribution < -0.4 is 0 Å². The number of carboxylic acid groups (broad SMARTS) is 1. The van der Waals surface area contributed by atoms with Crippen LogP contribution in [0.4, 0.5) is 0 Å². The molecule has 5 heteroatoms. The highest BCUT2D eigenvalue weighted by molar-refractivity contribution is 5.74. The van der Waals surface area contributed by atoms with Crippen molar-refractivity contribution in [2.45, 2.75) is 32.6 Å². The number of carboxylic acids is 1. The number of hydrogen-bond acceptors (Lipinski definition) is 4. The first kappa shape index (κ1) is 14.5. The Kier molecular flexibility index (Phi) is 6.25. The molecule has 1 fully saturated rings. The molecule has 0 heterocycles. The van der Waals surface area contributed by atoms with Gasteiger partial charge in [0.05, 0.1) is 18.1 Å². The van der Waals surface area contributed by atoms with Crippen molar-refractivity contribution in [3.05, 3.63) is 12.3 Å². The van der Waals surface area contributed by atoms with Gasteiger partial charge in [0.25, 0.3) is 0 Å². The standard InChI is InChI=1S/C13H20O5/c1-2-7-17-8-9-18-13(16)11-5-3-10(4-6-11)12(14)15/h2,7,10-11H,3-6,8-9H2,1H3,(H,14,15). The second-order valence-corrected chi connectivity index (χ2v) is 4.39. The monoisotopic (exact) mass is 256 g/mol. The van der Waals surface area contributed by atoms with Gasteiger partial charge >= 0.3 is 11.9 Å². The van der Waals surface area contributed by atoms with Crippen LogP contribution >= 0.6 is 0 Å². The predicted octanol–water partition coefficient (Wildman–Crippen LogP) is 1.97. The minimum atomic E-state index is -0.762. The molecule has 1 aliphatic carbocycles. The highest BCUT2D eigenvalue weighted by Gasteiger charge is 2.30. The summed E-state index contributed by atoms with van der Waals surface area (Å²) >= 11 is 0. The summed E-state index contributed by atoms with van der Waals surface area (Å²) in [5.74, 6) is -1.45. The first-order valence-corrected chi connectivity index (χ1v) is 6.27. The highest BCUT2D eigenvalue weighted by atomic mass is 16.6. The summed E-state index contributed by atoms with van der Waals surface area (Å²) in [6.45, 7) is 2.43. The quantitative estimate of drug-likeness (QED) is 0.447. The zero-order valence-electron chi connectivity index (χ0n) is 10.6. The Morgan fingerprint density at radius 3 is 2.33 bits per heavy atom. The fraction of sp³-hybridized carbons (Fsp3) is 0.692. The molecule has 0 spiro atoms. The molecule has 0 aromatic carbocycles. The Morgan fingerprint density at radius 2 is 1.78 bits per heavy atom. The lowest BCUT2D eigenvalue weighted by Crippen LogP contribution is -2.27. The van der Waals surface area contributed by atoms with Crippen LogP contribution in [0.25, 0.3) is 0 Å². The van der Waals surface area contributed by atoms with Crippen LogP contribution in [0.5, 0.6) is 0 Å². The topological polar surface area (TPSA) is 72.8 Å². The molecule has 0 amide bonds. The van der Waals surface area contributed by atoms with Crippen molar-refractivity contribution in [2.24, 2.45) is 11.8 Å². The number of hydrogen-bond donors (Lipinski definition) is 1. The van der Waals surface area contributed by atoms with Crippen LogP contribution in [0, 0.1) is 11.8 Å². The van der Waals surface area contributed by atoms with E-state index in [1.165, 1.54) is 0 Å². The zero-order chi connectivity index (χ0) is 13.4. The summed E-state index contributed by atoms with van der Waals surface area (Å²) in [5.41, 5.74) is 0. The molecule has 0 saturated heterocycles. The second kappa shape index (κ2) is 7.74. The van der Waals surface area contributed by atoms with Crippen molar-refractivity contribution in [1.29, 1.82) is 0 Å². The molecular formula is C13H20O5. The van der Waals surface area contributed by atoms with E-state index < -0.39 is 5.97 Å². The van der Waals surface area contributed by atoms with E-state index >= 15 is 0 Å². The van der Waals surface area contributed by atoms with E-state index in [4.69, 9.17) is 14.6 Å². The first-order chi connectivity index (χ1) is 8.65. The van der Waals surface area contributed by atoms with E-state index in [1.807, 2.05) is 6.92 Å². The van der Waals surface area contributed by atoms with Crippen molar-refractivity contribution < 1.29 is 24.2 Å². The molecule has 1 N–H and O–H groups in total. The number of ether oxygens (including phenoxy) is 2. The van der Waals surface area contributed by atoms with Crippen molar-refractivity contribution >= 4 is 11.9 Å². The largest absolute Gasteiger partial charge is 0.498 e. The summed E-state index contributed by atoms with van der Waals surface area (Å²) in [7, 11) is 0. The lowest BCUT2D eigenvalue weighted by molar-refractivity contribution is -0.153. The molecule has 1 aliphatic rings. The van der Waals surface area contributed by atoms with Crippen molar-refractivity contribution in [3.8, 4) is 0 Å². The van der Waals surface area contributed by atoms with Crippen LogP contribution in [-0.4, -0.2) is 30.3 Å². The number of carbonyl (C=O) groups is 2. The minimum Gasteiger partial charge on any atom is -0.498 e. The van der Waals surface area contributed by atoms with Gasteiger partial charge in [-0.1, -0.05) is 6.08 Å². The van der Waals surface area contributed by atoms with Crippen LogP contribution in [0.15, 0.2) is 12.3 Å². The van der Waals surface area contributed by atoms with Gasteiger partial charge in [-0.05, 0) is 32.6 Å². The molecule has 0 aromatic heterocycles. The molecule has 0 atom stereocenters. The van der Waals surface area contributed by atoms with Gasteiger partial charge in [0.15, 0.2) is 0 Å². The minimum absolute atomic E-state index is 0.151. The summed E-state index contributed by atoms with van der Waals surface area (Å²) in [5, 5.41) is 8.85. The van der Waals surface area contributed by atoms with Gasteiger partial charge in [0, 0.05) is 0 Å². The number of carbonyl (C=O) groups excluding carboxylic acids is 1. The van der Waals surface area contributed by atoms with Gasteiger partial charge in [0.1, 0.15) is 13.2 Å². The van der Waals surface area contributed by atoms with E-state index in [1.54, 1.807) is 12.3 Å². The maximum atomic E-state index is 11.7. The Labute approximate surface area is 107 Å². The molecule has 5 nitrogen and oxygen atoms in total. The molecule has 0 aromatic rings. The van der Waals surface area contributed by atoms with Gasteiger partial charge in [0.2, 0.25) is 0 Å². The molecule has 102 valence electrons. The fourth-order valence-electron chi connectivity index (χ4n) is 2.05. The molecule has 0 bridgehead atoms. The van der Waals surface area contributed by atoms with Crippen LogP contribution in [0.3, 0.4) is 0 Å². The van der Waals surface area contributed by atoms with Crippen LogP contribution in [0.2, 0.25) is 0 Å². The molecule has 0 unspecified atom stereocenters. The fourth-order valence-corrected chi connectivity index (χ4v) is 2.05. The number of aliphatic carboxylic acids is 1. The number of allylic oxidation sites excluding steroid dienone is 1. The number of esters is 1.